The predicted molar refractivity (Wildman–Crippen MR) is 68.3 cm³/mol. The van der Waals surface area contributed by atoms with Crippen molar-refractivity contribution in [2.45, 2.75) is 50.7 Å². The zero-order chi connectivity index (χ0) is 13.3. The van der Waals surface area contributed by atoms with Crippen LogP contribution in [0.5, 0.6) is 0 Å². The van der Waals surface area contributed by atoms with Crippen molar-refractivity contribution in [3.8, 4) is 0 Å². The van der Waals surface area contributed by atoms with Gasteiger partial charge in [0.15, 0.2) is 5.03 Å². The van der Waals surface area contributed by atoms with E-state index < -0.39 is 10.0 Å². The minimum absolute atomic E-state index is 0.0117. The summed E-state index contributed by atoms with van der Waals surface area (Å²) in [5.41, 5.74) is 6.84. The van der Waals surface area contributed by atoms with Crippen molar-refractivity contribution in [3.63, 3.8) is 0 Å². The summed E-state index contributed by atoms with van der Waals surface area (Å²) < 4.78 is 27.3. The third-order valence-electron chi connectivity index (χ3n) is 3.66. The molecule has 18 heavy (non-hydrogen) atoms. The molecule has 0 aromatic carbocycles. The van der Waals surface area contributed by atoms with Crippen LogP contribution in [0.3, 0.4) is 0 Å². The van der Waals surface area contributed by atoms with Crippen LogP contribution in [0.1, 0.15) is 37.4 Å². The molecule has 1 saturated carbocycles. The van der Waals surface area contributed by atoms with Crippen LogP contribution in [-0.2, 0) is 16.6 Å². The predicted octanol–water partition coefficient (Wildman–Crippen LogP) is 0.644. The highest BCUT2D eigenvalue weighted by molar-refractivity contribution is 7.89. The van der Waals surface area contributed by atoms with Gasteiger partial charge in [0.25, 0.3) is 10.0 Å². The standard InChI is InChI=1S/C11H20N4O2S/c1-7-4-3-5-10(7)15-18(16,17)11-9(6-12)8(2)13-14-11/h7,10,15H,3-6,12H2,1-2H3,(H,13,14). The maximum Gasteiger partial charge on any atom is 0.260 e. The van der Waals surface area contributed by atoms with Crippen LogP contribution < -0.4 is 10.5 Å². The molecule has 7 heteroatoms. The Bertz CT molecular complexity index is 523. The number of nitrogens with one attached hydrogen (secondary N) is 2. The first-order valence-electron chi connectivity index (χ1n) is 6.22. The summed E-state index contributed by atoms with van der Waals surface area (Å²) in [7, 11) is -3.57. The first-order valence-corrected chi connectivity index (χ1v) is 7.70. The smallest absolute Gasteiger partial charge is 0.260 e. The quantitative estimate of drug-likeness (QED) is 0.748. The molecule has 6 nitrogen and oxygen atoms in total. The SMILES string of the molecule is Cc1[nH]nc(S(=O)(=O)NC2CCCC2C)c1CN. The van der Waals surface area contributed by atoms with Gasteiger partial charge in [-0.25, -0.2) is 13.1 Å². The van der Waals surface area contributed by atoms with E-state index in [-0.39, 0.29) is 17.6 Å². The normalized spacial score (nSPS) is 24.6. The fourth-order valence-electron chi connectivity index (χ4n) is 2.47. The van der Waals surface area contributed by atoms with E-state index in [9.17, 15) is 8.42 Å². The molecule has 0 amide bonds. The van der Waals surface area contributed by atoms with Gasteiger partial charge < -0.3 is 5.73 Å². The lowest BCUT2D eigenvalue weighted by Crippen LogP contribution is -2.37. The number of rotatable bonds is 4. The van der Waals surface area contributed by atoms with Crippen LogP contribution in [0.15, 0.2) is 5.03 Å². The number of aryl methyl sites for hydroxylation is 1. The number of nitrogens with zero attached hydrogens (tertiary/aromatic N) is 1. The van der Waals surface area contributed by atoms with Crippen LogP contribution in [0.25, 0.3) is 0 Å². The largest absolute Gasteiger partial charge is 0.326 e. The second kappa shape index (κ2) is 4.99. The highest BCUT2D eigenvalue weighted by atomic mass is 32.2. The van der Waals surface area contributed by atoms with Gasteiger partial charge in [0.2, 0.25) is 0 Å². The number of nitrogens with two attached hydrogens (primary N) is 1. The summed E-state index contributed by atoms with van der Waals surface area (Å²) in [5.74, 6) is 0.376. The average Bonchev–Trinajstić information content (AvgIpc) is 2.86. The van der Waals surface area contributed by atoms with E-state index in [4.69, 9.17) is 5.73 Å². The monoisotopic (exact) mass is 272 g/mol. The van der Waals surface area contributed by atoms with E-state index in [1.807, 2.05) is 0 Å². The second-order valence-corrected chi connectivity index (χ2v) is 6.60. The second-order valence-electron chi connectivity index (χ2n) is 4.97. The summed E-state index contributed by atoms with van der Waals surface area (Å²) in [6, 6.07) is 0.0117. The fourth-order valence-corrected chi connectivity index (χ4v) is 4.06. The zero-order valence-electron chi connectivity index (χ0n) is 10.7. The van der Waals surface area contributed by atoms with Crippen LogP contribution in [-0.4, -0.2) is 24.7 Å². The molecule has 1 aliphatic carbocycles. The van der Waals surface area contributed by atoms with Crippen LogP contribution in [0, 0.1) is 12.8 Å². The average molecular weight is 272 g/mol. The van der Waals surface area contributed by atoms with E-state index in [1.54, 1.807) is 6.92 Å². The molecule has 0 radical (unpaired) electrons. The van der Waals surface area contributed by atoms with E-state index in [0.717, 1.165) is 19.3 Å². The Morgan fingerprint density at radius 1 is 1.50 bits per heavy atom. The van der Waals surface area contributed by atoms with Crippen LogP contribution >= 0.6 is 0 Å². The fraction of sp³-hybridized carbons (Fsp3) is 0.727. The van der Waals surface area contributed by atoms with Gasteiger partial charge in [0.1, 0.15) is 0 Å². The van der Waals surface area contributed by atoms with Crippen molar-refractivity contribution in [2.24, 2.45) is 11.7 Å². The van der Waals surface area contributed by atoms with Crippen molar-refractivity contribution >= 4 is 10.0 Å². The number of H-pyrrole nitrogens is 1. The molecule has 1 heterocycles. The highest BCUT2D eigenvalue weighted by Crippen LogP contribution is 2.26. The van der Waals surface area contributed by atoms with Crippen molar-refractivity contribution in [1.82, 2.24) is 14.9 Å². The number of hydrogen-bond acceptors (Lipinski definition) is 4. The van der Waals surface area contributed by atoms with Crippen molar-refractivity contribution in [2.75, 3.05) is 0 Å². The Morgan fingerprint density at radius 2 is 2.22 bits per heavy atom. The Morgan fingerprint density at radius 3 is 2.78 bits per heavy atom. The van der Waals surface area contributed by atoms with Gasteiger partial charge in [-0.1, -0.05) is 13.3 Å². The minimum atomic E-state index is -3.57. The molecule has 2 rings (SSSR count). The summed E-state index contributed by atoms with van der Waals surface area (Å²) >= 11 is 0. The number of hydrogen-bond donors (Lipinski definition) is 3. The van der Waals surface area contributed by atoms with Gasteiger partial charge >= 0.3 is 0 Å². The molecule has 1 aromatic rings. The van der Waals surface area contributed by atoms with Crippen molar-refractivity contribution < 1.29 is 8.42 Å². The van der Waals surface area contributed by atoms with E-state index >= 15 is 0 Å². The van der Waals surface area contributed by atoms with Gasteiger partial charge in [0.05, 0.1) is 0 Å². The van der Waals surface area contributed by atoms with Gasteiger partial charge in [-0.05, 0) is 25.7 Å². The highest BCUT2D eigenvalue weighted by Gasteiger charge is 2.31. The Hall–Kier alpha value is -0.920. The zero-order valence-corrected chi connectivity index (χ0v) is 11.5. The molecular formula is C11H20N4O2S. The maximum atomic E-state index is 12.3. The van der Waals surface area contributed by atoms with Gasteiger partial charge in [0, 0.05) is 23.8 Å². The van der Waals surface area contributed by atoms with Crippen LogP contribution in [0.2, 0.25) is 0 Å². The van der Waals surface area contributed by atoms with E-state index in [2.05, 4.69) is 21.8 Å². The molecule has 1 aromatic heterocycles. The summed E-state index contributed by atoms with van der Waals surface area (Å²) in [6.07, 6.45) is 3.02. The lowest BCUT2D eigenvalue weighted by Gasteiger charge is -2.16. The number of aromatic amines is 1. The molecular weight excluding hydrogens is 252 g/mol. The Balaban J connectivity index is 2.25. The molecule has 1 fully saturated rings. The van der Waals surface area contributed by atoms with E-state index in [1.165, 1.54) is 0 Å². The van der Waals surface area contributed by atoms with E-state index in [0.29, 0.717) is 17.2 Å². The van der Waals surface area contributed by atoms with Gasteiger partial charge in [-0.3, -0.25) is 5.10 Å². The molecule has 2 atom stereocenters. The lowest BCUT2D eigenvalue weighted by molar-refractivity contribution is 0.475. The molecule has 0 aliphatic heterocycles. The Labute approximate surface area is 107 Å². The lowest BCUT2D eigenvalue weighted by atomic mass is 10.1. The summed E-state index contributed by atoms with van der Waals surface area (Å²) in [6.45, 7) is 4.00. The molecule has 2 unspecified atom stereocenters. The first kappa shape index (κ1) is 13.5. The summed E-state index contributed by atoms with van der Waals surface area (Å²) in [4.78, 5) is 0. The molecule has 0 spiro atoms. The molecule has 0 saturated heterocycles. The third-order valence-corrected chi connectivity index (χ3v) is 5.12. The summed E-state index contributed by atoms with van der Waals surface area (Å²) in [5, 5.41) is 6.59. The number of aromatic nitrogens is 2. The molecule has 4 N–H and O–H groups in total. The molecule has 1 aliphatic rings. The Kier molecular flexibility index (Phi) is 3.74. The maximum absolute atomic E-state index is 12.3. The van der Waals surface area contributed by atoms with Crippen molar-refractivity contribution in [3.05, 3.63) is 11.3 Å². The molecule has 0 bridgehead atoms. The first-order chi connectivity index (χ1) is 8.45. The topological polar surface area (TPSA) is 101 Å². The number of sulfonamides is 1. The minimum Gasteiger partial charge on any atom is -0.326 e. The van der Waals surface area contributed by atoms with Crippen LogP contribution in [0.4, 0.5) is 0 Å². The van der Waals surface area contributed by atoms with Gasteiger partial charge in [-0.15, -0.1) is 0 Å². The van der Waals surface area contributed by atoms with Crippen molar-refractivity contribution in [1.29, 1.82) is 0 Å². The third kappa shape index (κ3) is 2.43. The molecule has 102 valence electrons. The van der Waals surface area contributed by atoms with Gasteiger partial charge in [-0.2, -0.15) is 5.10 Å².